The van der Waals surface area contributed by atoms with Crippen molar-refractivity contribution in [2.24, 2.45) is 0 Å². The van der Waals surface area contributed by atoms with Gasteiger partial charge in [0.1, 0.15) is 12.4 Å². The van der Waals surface area contributed by atoms with Gasteiger partial charge in [-0.1, -0.05) is 6.07 Å². The maximum absolute atomic E-state index is 11.0. The third kappa shape index (κ3) is 4.99. The average Bonchev–Trinajstić information content (AvgIpc) is 2.16. The van der Waals surface area contributed by atoms with Crippen molar-refractivity contribution in [2.75, 3.05) is 31.3 Å². The van der Waals surface area contributed by atoms with Crippen molar-refractivity contribution in [3.8, 4) is 5.75 Å². The minimum absolute atomic E-state index is 0.429. The number of ether oxygens (including phenoxy) is 2. The van der Waals surface area contributed by atoms with Gasteiger partial charge >= 0.3 is 0 Å². The summed E-state index contributed by atoms with van der Waals surface area (Å²) in [7, 11) is -1.66. The van der Waals surface area contributed by atoms with Gasteiger partial charge in [0.15, 0.2) is 0 Å². The van der Waals surface area contributed by atoms with Crippen LogP contribution in [0.5, 0.6) is 5.75 Å². The van der Waals surface area contributed by atoms with Crippen LogP contribution in [0.1, 0.15) is 0 Å². The Hall–Kier alpha value is -1.27. The summed E-state index contributed by atoms with van der Waals surface area (Å²) in [5.41, 5.74) is 0.484. The fraction of sp³-hybridized carbons (Fsp3) is 0.400. The average molecular weight is 245 g/mol. The Kier molecular flexibility index (Phi) is 4.57. The van der Waals surface area contributed by atoms with Gasteiger partial charge in [0, 0.05) is 13.2 Å². The number of anilines is 1. The van der Waals surface area contributed by atoms with Crippen LogP contribution in [-0.4, -0.2) is 35.0 Å². The van der Waals surface area contributed by atoms with E-state index in [4.69, 9.17) is 9.47 Å². The normalized spacial score (nSPS) is 11.1. The van der Waals surface area contributed by atoms with Crippen molar-refractivity contribution in [3.05, 3.63) is 24.3 Å². The molecular weight excluding hydrogens is 230 g/mol. The van der Waals surface area contributed by atoms with E-state index in [1.54, 1.807) is 31.4 Å². The van der Waals surface area contributed by atoms with Crippen molar-refractivity contribution in [1.29, 1.82) is 0 Å². The topological polar surface area (TPSA) is 64.6 Å². The predicted molar refractivity (Wildman–Crippen MR) is 62.3 cm³/mol. The lowest BCUT2D eigenvalue weighted by atomic mass is 10.3. The molecule has 1 rings (SSSR count). The van der Waals surface area contributed by atoms with E-state index in [-0.39, 0.29) is 0 Å². The summed E-state index contributed by atoms with van der Waals surface area (Å²) in [6.07, 6.45) is 1.10. The lowest BCUT2D eigenvalue weighted by molar-refractivity contribution is 0.146. The third-order valence-electron chi connectivity index (χ3n) is 1.69. The first-order valence-electron chi connectivity index (χ1n) is 4.71. The van der Waals surface area contributed by atoms with Gasteiger partial charge in [-0.25, -0.2) is 8.42 Å². The standard InChI is InChI=1S/C10H15NO4S/c1-14-6-7-15-10-5-3-4-9(8-10)11-16(2,12)13/h3-5,8,11H,6-7H2,1-2H3. The molecule has 0 unspecified atom stereocenters. The molecule has 0 amide bonds. The van der Waals surface area contributed by atoms with Crippen molar-refractivity contribution < 1.29 is 17.9 Å². The van der Waals surface area contributed by atoms with Crippen LogP contribution in [0.4, 0.5) is 5.69 Å². The molecule has 1 N–H and O–H groups in total. The number of methoxy groups -OCH3 is 1. The molecule has 6 heteroatoms. The number of benzene rings is 1. The first kappa shape index (κ1) is 12.8. The highest BCUT2D eigenvalue weighted by atomic mass is 32.2. The first-order valence-corrected chi connectivity index (χ1v) is 6.60. The van der Waals surface area contributed by atoms with Crippen LogP contribution in [0.15, 0.2) is 24.3 Å². The zero-order valence-electron chi connectivity index (χ0n) is 9.26. The smallest absolute Gasteiger partial charge is 0.229 e. The molecule has 5 nitrogen and oxygen atoms in total. The maximum atomic E-state index is 11.0. The molecule has 0 radical (unpaired) electrons. The Morgan fingerprint density at radius 3 is 2.69 bits per heavy atom. The van der Waals surface area contributed by atoms with Crippen molar-refractivity contribution in [1.82, 2.24) is 0 Å². The van der Waals surface area contributed by atoms with Gasteiger partial charge in [-0.3, -0.25) is 4.72 Å². The molecule has 0 aliphatic carbocycles. The van der Waals surface area contributed by atoms with Gasteiger partial charge in [0.05, 0.1) is 18.6 Å². The molecule has 0 heterocycles. The summed E-state index contributed by atoms with van der Waals surface area (Å²) in [6.45, 7) is 0.919. The van der Waals surface area contributed by atoms with E-state index >= 15 is 0 Å². The third-order valence-corrected chi connectivity index (χ3v) is 2.30. The Labute approximate surface area is 95.4 Å². The highest BCUT2D eigenvalue weighted by molar-refractivity contribution is 7.92. The van der Waals surface area contributed by atoms with Gasteiger partial charge in [0.25, 0.3) is 0 Å². The number of hydrogen-bond acceptors (Lipinski definition) is 4. The molecule has 16 heavy (non-hydrogen) atoms. The molecule has 0 spiro atoms. The van der Waals surface area contributed by atoms with Crippen LogP contribution in [0.25, 0.3) is 0 Å². The van der Waals surface area contributed by atoms with Crippen molar-refractivity contribution in [2.45, 2.75) is 0 Å². The zero-order valence-corrected chi connectivity index (χ0v) is 10.1. The highest BCUT2D eigenvalue weighted by Crippen LogP contribution is 2.17. The number of sulfonamides is 1. The summed E-state index contributed by atoms with van der Waals surface area (Å²) >= 11 is 0. The molecule has 0 atom stereocenters. The molecule has 0 aliphatic rings. The van der Waals surface area contributed by atoms with E-state index < -0.39 is 10.0 Å². The fourth-order valence-corrected chi connectivity index (χ4v) is 1.66. The van der Waals surface area contributed by atoms with Crippen LogP contribution in [0, 0.1) is 0 Å². The van der Waals surface area contributed by atoms with Crippen LogP contribution < -0.4 is 9.46 Å². The minimum Gasteiger partial charge on any atom is -0.491 e. The van der Waals surface area contributed by atoms with E-state index in [9.17, 15) is 8.42 Å². The monoisotopic (exact) mass is 245 g/mol. The zero-order chi connectivity index (χ0) is 12.0. The molecule has 1 aromatic rings. The molecule has 90 valence electrons. The lowest BCUT2D eigenvalue weighted by Crippen LogP contribution is -2.10. The molecule has 0 bridgehead atoms. The Bertz CT molecular complexity index is 430. The second-order valence-corrected chi connectivity index (χ2v) is 4.99. The number of nitrogens with one attached hydrogen (secondary N) is 1. The lowest BCUT2D eigenvalue weighted by Gasteiger charge is -2.08. The molecular formula is C10H15NO4S. The highest BCUT2D eigenvalue weighted by Gasteiger charge is 2.02. The summed E-state index contributed by atoms with van der Waals surface area (Å²) in [5, 5.41) is 0. The van der Waals surface area contributed by atoms with Crippen LogP contribution >= 0.6 is 0 Å². The van der Waals surface area contributed by atoms with Gasteiger partial charge in [-0.05, 0) is 12.1 Å². The Morgan fingerprint density at radius 1 is 1.31 bits per heavy atom. The van der Waals surface area contributed by atoms with Gasteiger partial charge in [0.2, 0.25) is 10.0 Å². The largest absolute Gasteiger partial charge is 0.491 e. The molecule has 1 aromatic carbocycles. The van der Waals surface area contributed by atoms with Gasteiger partial charge in [-0.2, -0.15) is 0 Å². The quantitative estimate of drug-likeness (QED) is 0.762. The summed E-state index contributed by atoms with van der Waals surface area (Å²) in [6, 6.07) is 6.75. The molecule has 0 aliphatic heterocycles. The minimum atomic E-state index is -3.25. The van der Waals surface area contributed by atoms with Crippen LogP contribution in [0.2, 0.25) is 0 Å². The number of rotatable bonds is 6. The summed E-state index contributed by atoms with van der Waals surface area (Å²) in [5.74, 6) is 0.603. The van der Waals surface area contributed by atoms with E-state index in [2.05, 4.69) is 4.72 Å². The fourth-order valence-electron chi connectivity index (χ4n) is 1.11. The van der Waals surface area contributed by atoms with E-state index in [0.29, 0.717) is 24.7 Å². The van der Waals surface area contributed by atoms with Gasteiger partial charge < -0.3 is 9.47 Å². The SMILES string of the molecule is COCCOc1cccc(NS(C)(=O)=O)c1. The summed E-state index contributed by atoms with van der Waals surface area (Å²) in [4.78, 5) is 0. The van der Waals surface area contributed by atoms with Crippen molar-refractivity contribution in [3.63, 3.8) is 0 Å². The molecule has 0 aromatic heterocycles. The predicted octanol–water partition coefficient (Wildman–Crippen LogP) is 1.08. The van der Waals surface area contributed by atoms with E-state index in [1.165, 1.54) is 0 Å². The summed E-state index contributed by atoms with van der Waals surface area (Å²) < 4.78 is 34.6. The van der Waals surface area contributed by atoms with Gasteiger partial charge in [-0.15, -0.1) is 0 Å². The second-order valence-electron chi connectivity index (χ2n) is 3.24. The first-order chi connectivity index (χ1) is 7.51. The second kappa shape index (κ2) is 5.72. The number of hydrogen-bond donors (Lipinski definition) is 1. The van der Waals surface area contributed by atoms with E-state index in [0.717, 1.165) is 6.26 Å². The van der Waals surface area contributed by atoms with Crippen LogP contribution in [-0.2, 0) is 14.8 Å². The Morgan fingerprint density at radius 2 is 2.06 bits per heavy atom. The Balaban J connectivity index is 2.64. The van der Waals surface area contributed by atoms with Crippen LogP contribution in [0.3, 0.4) is 0 Å². The molecule has 0 saturated heterocycles. The van der Waals surface area contributed by atoms with E-state index in [1.807, 2.05) is 0 Å². The molecule has 0 saturated carbocycles. The maximum Gasteiger partial charge on any atom is 0.229 e. The molecule has 0 fully saturated rings. The van der Waals surface area contributed by atoms with Crippen molar-refractivity contribution >= 4 is 15.7 Å².